The van der Waals surface area contributed by atoms with Crippen molar-refractivity contribution in [1.29, 1.82) is 0 Å². The van der Waals surface area contributed by atoms with Crippen molar-refractivity contribution in [1.82, 2.24) is 19.8 Å². The quantitative estimate of drug-likeness (QED) is 0.795. The van der Waals surface area contributed by atoms with Gasteiger partial charge in [0.1, 0.15) is 11.6 Å². The summed E-state index contributed by atoms with van der Waals surface area (Å²) in [7, 11) is 3.77. The van der Waals surface area contributed by atoms with E-state index < -0.39 is 0 Å². The van der Waals surface area contributed by atoms with Crippen molar-refractivity contribution in [3.8, 4) is 5.75 Å². The van der Waals surface area contributed by atoms with Crippen LogP contribution < -0.4 is 10.1 Å². The molecule has 5 nitrogen and oxygen atoms in total. The van der Waals surface area contributed by atoms with Crippen LogP contribution in [-0.4, -0.2) is 41.2 Å². The Hall–Kier alpha value is -2.37. The first kappa shape index (κ1) is 16.1. The zero-order chi connectivity index (χ0) is 17.2. The average Bonchev–Trinajstić information content (AvgIpc) is 3.07. The second-order valence-electron chi connectivity index (χ2n) is 6.63. The molecular formula is C20H24N4O. The maximum absolute atomic E-state index is 5.32. The molecular weight excluding hydrogens is 312 g/mol. The maximum Gasteiger partial charge on any atom is 0.127 e. The number of imidazole rings is 1. The van der Waals surface area contributed by atoms with Gasteiger partial charge in [-0.25, -0.2) is 4.98 Å². The van der Waals surface area contributed by atoms with Gasteiger partial charge in [0.2, 0.25) is 0 Å². The van der Waals surface area contributed by atoms with Crippen molar-refractivity contribution in [2.75, 3.05) is 26.7 Å². The van der Waals surface area contributed by atoms with E-state index in [1.54, 1.807) is 7.11 Å². The van der Waals surface area contributed by atoms with Crippen molar-refractivity contribution < 1.29 is 4.74 Å². The van der Waals surface area contributed by atoms with Crippen LogP contribution in [0.4, 0.5) is 0 Å². The highest BCUT2D eigenvalue weighted by molar-refractivity contribution is 5.84. The van der Waals surface area contributed by atoms with Crippen molar-refractivity contribution in [2.24, 2.45) is 7.05 Å². The molecule has 0 spiro atoms. The molecule has 1 atom stereocenters. The Morgan fingerprint density at radius 1 is 1.20 bits per heavy atom. The van der Waals surface area contributed by atoms with Crippen molar-refractivity contribution in [2.45, 2.75) is 12.6 Å². The highest BCUT2D eigenvalue weighted by Gasteiger charge is 2.26. The Labute approximate surface area is 148 Å². The fraction of sp³-hybridized carbons (Fsp3) is 0.350. The summed E-state index contributed by atoms with van der Waals surface area (Å²) in [5, 5.41) is 5.96. The molecule has 1 unspecified atom stereocenters. The van der Waals surface area contributed by atoms with Gasteiger partial charge < -0.3 is 14.6 Å². The number of fused-ring (bicyclic) bond motifs is 1. The van der Waals surface area contributed by atoms with Gasteiger partial charge in [-0.05, 0) is 34.5 Å². The molecule has 1 fully saturated rings. The first-order chi connectivity index (χ1) is 12.2. The van der Waals surface area contributed by atoms with E-state index in [0.717, 1.165) is 37.8 Å². The zero-order valence-corrected chi connectivity index (χ0v) is 14.8. The Morgan fingerprint density at radius 3 is 2.84 bits per heavy atom. The van der Waals surface area contributed by atoms with Crippen molar-refractivity contribution >= 4 is 10.8 Å². The molecule has 1 aromatic heterocycles. The zero-order valence-electron chi connectivity index (χ0n) is 14.8. The van der Waals surface area contributed by atoms with Gasteiger partial charge in [0.05, 0.1) is 13.2 Å². The topological polar surface area (TPSA) is 42.3 Å². The number of rotatable bonds is 4. The van der Waals surface area contributed by atoms with Crippen LogP contribution in [0.2, 0.25) is 0 Å². The third-order valence-corrected chi connectivity index (χ3v) is 5.01. The molecule has 25 heavy (non-hydrogen) atoms. The first-order valence-electron chi connectivity index (χ1n) is 8.73. The van der Waals surface area contributed by atoms with Crippen LogP contribution in [0.3, 0.4) is 0 Å². The molecule has 0 aliphatic carbocycles. The standard InChI is InChI=1S/C20H24N4O/c1-23-9-8-22-20(23)19-13-21-7-10-24(19)14-15-3-4-17-12-18(25-2)6-5-16(17)11-15/h3-6,8-9,11-12,19,21H,7,10,13-14H2,1-2H3. The van der Waals surface area contributed by atoms with E-state index in [-0.39, 0.29) is 0 Å². The molecule has 0 bridgehead atoms. The molecule has 0 amide bonds. The molecule has 1 aliphatic rings. The van der Waals surface area contributed by atoms with Gasteiger partial charge >= 0.3 is 0 Å². The number of hydrogen-bond donors (Lipinski definition) is 1. The number of methoxy groups -OCH3 is 1. The van der Waals surface area contributed by atoms with E-state index >= 15 is 0 Å². The summed E-state index contributed by atoms with van der Waals surface area (Å²) in [6.07, 6.45) is 3.90. The van der Waals surface area contributed by atoms with Gasteiger partial charge in [-0.2, -0.15) is 0 Å². The molecule has 0 radical (unpaired) electrons. The second-order valence-corrected chi connectivity index (χ2v) is 6.63. The summed E-state index contributed by atoms with van der Waals surface area (Å²) in [4.78, 5) is 7.09. The van der Waals surface area contributed by atoms with Crippen LogP contribution in [0.5, 0.6) is 5.75 Å². The Kier molecular flexibility index (Phi) is 4.42. The van der Waals surface area contributed by atoms with Crippen LogP contribution in [0, 0.1) is 0 Å². The maximum atomic E-state index is 5.32. The number of benzene rings is 2. The summed E-state index contributed by atoms with van der Waals surface area (Å²) in [5.74, 6) is 2.02. The van der Waals surface area contributed by atoms with E-state index in [4.69, 9.17) is 4.74 Å². The van der Waals surface area contributed by atoms with E-state index in [1.807, 2.05) is 18.5 Å². The Morgan fingerprint density at radius 2 is 2.04 bits per heavy atom. The summed E-state index contributed by atoms with van der Waals surface area (Å²) < 4.78 is 7.44. The highest BCUT2D eigenvalue weighted by atomic mass is 16.5. The van der Waals surface area contributed by atoms with Gasteiger partial charge in [-0.1, -0.05) is 18.2 Å². The van der Waals surface area contributed by atoms with E-state index in [9.17, 15) is 0 Å². The lowest BCUT2D eigenvalue weighted by molar-refractivity contribution is 0.145. The fourth-order valence-electron chi connectivity index (χ4n) is 3.62. The van der Waals surface area contributed by atoms with Crippen LogP contribution in [0.15, 0.2) is 48.8 Å². The number of aromatic nitrogens is 2. The van der Waals surface area contributed by atoms with Gasteiger partial charge in [0.15, 0.2) is 0 Å². The number of ether oxygens (including phenoxy) is 1. The number of nitrogens with zero attached hydrogens (tertiary/aromatic N) is 3. The molecule has 2 heterocycles. The molecule has 2 aromatic carbocycles. The second kappa shape index (κ2) is 6.86. The summed E-state index contributed by atoms with van der Waals surface area (Å²) in [6, 6.07) is 13.2. The van der Waals surface area contributed by atoms with Gasteiger partial charge in [0.25, 0.3) is 0 Å². The molecule has 1 aliphatic heterocycles. The molecule has 0 saturated carbocycles. The molecule has 1 saturated heterocycles. The molecule has 5 heteroatoms. The molecule has 1 N–H and O–H groups in total. The number of nitrogens with one attached hydrogen (secondary N) is 1. The van der Waals surface area contributed by atoms with Gasteiger partial charge in [0, 0.05) is 45.6 Å². The smallest absolute Gasteiger partial charge is 0.127 e. The van der Waals surface area contributed by atoms with E-state index in [1.165, 1.54) is 16.3 Å². The lowest BCUT2D eigenvalue weighted by Crippen LogP contribution is -2.46. The minimum absolute atomic E-state index is 0.306. The largest absolute Gasteiger partial charge is 0.497 e. The minimum Gasteiger partial charge on any atom is -0.497 e. The fourth-order valence-corrected chi connectivity index (χ4v) is 3.62. The number of hydrogen-bond acceptors (Lipinski definition) is 4. The third kappa shape index (κ3) is 3.25. The average molecular weight is 336 g/mol. The van der Waals surface area contributed by atoms with Crippen molar-refractivity contribution in [3.05, 3.63) is 60.2 Å². The van der Waals surface area contributed by atoms with Crippen LogP contribution in [-0.2, 0) is 13.6 Å². The summed E-state index contributed by atoms with van der Waals surface area (Å²) >= 11 is 0. The predicted molar refractivity (Wildman–Crippen MR) is 99.7 cm³/mol. The molecule has 4 rings (SSSR count). The van der Waals surface area contributed by atoms with Gasteiger partial charge in [-0.15, -0.1) is 0 Å². The van der Waals surface area contributed by atoms with Crippen LogP contribution in [0.1, 0.15) is 17.4 Å². The summed E-state index contributed by atoms with van der Waals surface area (Å²) in [5.41, 5.74) is 1.33. The lowest BCUT2D eigenvalue weighted by atomic mass is 10.0. The number of aryl methyl sites for hydroxylation is 1. The lowest BCUT2D eigenvalue weighted by Gasteiger charge is -2.35. The summed E-state index contributed by atoms with van der Waals surface area (Å²) in [6.45, 7) is 3.92. The minimum atomic E-state index is 0.306. The molecule has 3 aromatic rings. The number of piperazine rings is 1. The van der Waals surface area contributed by atoms with Crippen molar-refractivity contribution in [3.63, 3.8) is 0 Å². The first-order valence-corrected chi connectivity index (χ1v) is 8.73. The Balaban J connectivity index is 1.59. The van der Waals surface area contributed by atoms with E-state index in [0.29, 0.717) is 6.04 Å². The monoisotopic (exact) mass is 336 g/mol. The van der Waals surface area contributed by atoms with E-state index in [2.05, 4.69) is 57.1 Å². The SMILES string of the molecule is COc1ccc2cc(CN3CCNCC3c3nccn3C)ccc2c1. The van der Waals surface area contributed by atoms with Crippen LogP contribution in [0.25, 0.3) is 10.8 Å². The van der Waals surface area contributed by atoms with Crippen LogP contribution >= 0.6 is 0 Å². The predicted octanol–water partition coefficient (Wildman–Crippen LogP) is 2.73. The normalized spacial score (nSPS) is 18.6. The highest BCUT2D eigenvalue weighted by Crippen LogP contribution is 2.26. The third-order valence-electron chi connectivity index (χ3n) is 5.01. The molecule has 130 valence electrons. The Bertz CT molecular complexity index is 873. The van der Waals surface area contributed by atoms with Gasteiger partial charge in [-0.3, -0.25) is 4.90 Å².